The first-order chi connectivity index (χ1) is 14.9. The van der Waals surface area contributed by atoms with E-state index in [1.807, 2.05) is 0 Å². The largest absolute Gasteiger partial charge is 0.420 e. The van der Waals surface area contributed by atoms with Crippen LogP contribution in [0, 0.1) is 10.1 Å². The summed E-state index contributed by atoms with van der Waals surface area (Å²) in [5.74, 6) is -0.877. The summed E-state index contributed by atoms with van der Waals surface area (Å²) in [4.78, 5) is 56.1. The van der Waals surface area contributed by atoms with E-state index in [2.05, 4.69) is 9.97 Å². The second-order valence-corrected chi connectivity index (χ2v) is 6.80. The fraction of sp³-hybridized carbons (Fsp3) is 0.200. The number of non-ortho nitro benzene ring substituents is 1. The van der Waals surface area contributed by atoms with E-state index < -0.39 is 16.6 Å². The van der Waals surface area contributed by atoms with Gasteiger partial charge in [-0.1, -0.05) is 12.1 Å². The van der Waals surface area contributed by atoms with E-state index in [-0.39, 0.29) is 35.4 Å². The van der Waals surface area contributed by atoms with Gasteiger partial charge in [-0.05, 0) is 25.1 Å². The van der Waals surface area contributed by atoms with E-state index in [1.165, 1.54) is 17.0 Å². The Balaban J connectivity index is 1.60. The molecule has 0 saturated carbocycles. The molecular formula is C20H17N5O6. The highest BCUT2D eigenvalue weighted by atomic mass is 16.6. The molecule has 0 saturated heterocycles. The van der Waals surface area contributed by atoms with Crippen LogP contribution in [0.1, 0.15) is 12.7 Å². The maximum absolute atomic E-state index is 12.9. The molecule has 4 aromatic rings. The molecular weight excluding hydrogens is 406 g/mol. The summed E-state index contributed by atoms with van der Waals surface area (Å²) in [6.45, 7) is 1.79. The predicted molar refractivity (Wildman–Crippen MR) is 111 cm³/mol. The SMILES string of the molecule is CCN(Cc1nc2ccccc2c(=O)[nH]1)C(=O)Cn1c(=O)oc2cc([N+](=O)[O-])ccc21. The molecule has 0 aliphatic heterocycles. The lowest BCUT2D eigenvalue weighted by Gasteiger charge is -2.20. The molecule has 1 N–H and O–H groups in total. The Morgan fingerprint density at radius 3 is 2.77 bits per heavy atom. The molecule has 0 aliphatic carbocycles. The number of aromatic nitrogens is 3. The lowest BCUT2D eigenvalue weighted by molar-refractivity contribution is -0.384. The molecule has 2 aromatic heterocycles. The predicted octanol–water partition coefficient (Wildman–Crippen LogP) is 1.79. The lowest BCUT2D eigenvalue weighted by Crippen LogP contribution is -2.36. The Bertz CT molecular complexity index is 1430. The Kier molecular flexibility index (Phi) is 5.07. The van der Waals surface area contributed by atoms with Gasteiger partial charge in [0.1, 0.15) is 12.4 Å². The summed E-state index contributed by atoms with van der Waals surface area (Å²) in [5, 5.41) is 11.4. The number of para-hydroxylation sites is 1. The van der Waals surface area contributed by atoms with Gasteiger partial charge in [0.15, 0.2) is 5.58 Å². The molecule has 31 heavy (non-hydrogen) atoms. The smallest absolute Gasteiger partial charge is 0.407 e. The standard InChI is InChI=1S/C20H17N5O6/c1-2-23(10-17-21-14-6-4-3-5-13(14)19(27)22-17)18(26)11-24-15-8-7-12(25(29)30)9-16(15)31-20(24)28/h3-9H,2,10-11H2,1H3,(H,21,22,27). The number of rotatable bonds is 6. The number of benzene rings is 2. The number of fused-ring (bicyclic) bond motifs is 2. The van der Waals surface area contributed by atoms with Crippen LogP contribution in [-0.4, -0.2) is 36.8 Å². The third-order valence-corrected chi connectivity index (χ3v) is 4.89. The lowest BCUT2D eigenvalue weighted by atomic mass is 10.2. The van der Waals surface area contributed by atoms with Crippen molar-refractivity contribution in [3.05, 3.63) is 79.3 Å². The molecule has 1 amide bonds. The number of carbonyl (C=O) groups excluding carboxylic acids is 1. The maximum atomic E-state index is 12.9. The second-order valence-electron chi connectivity index (χ2n) is 6.80. The van der Waals surface area contributed by atoms with Crippen LogP contribution < -0.4 is 11.3 Å². The van der Waals surface area contributed by atoms with E-state index in [4.69, 9.17) is 4.42 Å². The van der Waals surface area contributed by atoms with Gasteiger partial charge >= 0.3 is 5.76 Å². The van der Waals surface area contributed by atoms with E-state index in [0.717, 1.165) is 10.6 Å². The zero-order valence-corrected chi connectivity index (χ0v) is 16.4. The van der Waals surface area contributed by atoms with Crippen molar-refractivity contribution in [2.45, 2.75) is 20.0 Å². The minimum absolute atomic E-state index is 0.0237. The summed E-state index contributed by atoms with van der Waals surface area (Å²) >= 11 is 0. The van der Waals surface area contributed by atoms with Crippen molar-refractivity contribution in [1.82, 2.24) is 19.4 Å². The quantitative estimate of drug-likeness (QED) is 0.368. The molecule has 0 atom stereocenters. The minimum atomic E-state index is -0.794. The van der Waals surface area contributed by atoms with Crippen molar-refractivity contribution in [1.29, 1.82) is 0 Å². The van der Waals surface area contributed by atoms with Gasteiger partial charge in [-0.3, -0.25) is 24.3 Å². The summed E-state index contributed by atoms with van der Waals surface area (Å²) in [6.07, 6.45) is 0. The Morgan fingerprint density at radius 2 is 2.03 bits per heavy atom. The first-order valence-electron chi connectivity index (χ1n) is 9.41. The van der Waals surface area contributed by atoms with Crippen molar-refractivity contribution in [2.75, 3.05) is 6.54 Å². The first-order valence-corrected chi connectivity index (χ1v) is 9.41. The highest BCUT2D eigenvalue weighted by molar-refractivity contribution is 5.81. The summed E-state index contributed by atoms with van der Waals surface area (Å²) in [5.41, 5.74) is 0.292. The number of nitrogens with zero attached hydrogens (tertiary/aromatic N) is 4. The molecule has 11 heteroatoms. The highest BCUT2D eigenvalue weighted by Gasteiger charge is 2.20. The summed E-state index contributed by atoms with van der Waals surface area (Å²) in [6, 6.07) is 10.6. The number of carbonyl (C=O) groups is 1. The second kappa shape index (κ2) is 7.86. The van der Waals surface area contributed by atoms with Gasteiger partial charge in [-0.2, -0.15) is 0 Å². The first kappa shape index (κ1) is 20.0. The van der Waals surface area contributed by atoms with E-state index in [1.54, 1.807) is 31.2 Å². The van der Waals surface area contributed by atoms with Gasteiger partial charge in [0.2, 0.25) is 5.91 Å². The van der Waals surface area contributed by atoms with Gasteiger partial charge in [0, 0.05) is 12.6 Å². The fourth-order valence-corrected chi connectivity index (χ4v) is 3.32. The van der Waals surface area contributed by atoms with Crippen LogP contribution in [-0.2, 0) is 17.9 Å². The molecule has 0 bridgehead atoms. The number of hydrogen-bond acceptors (Lipinski definition) is 7. The van der Waals surface area contributed by atoms with Gasteiger partial charge in [0.25, 0.3) is 11.2 Å². The maximum Gasteiger partial charge on any atom is 0.420 e. The van der Waals surface area contributed by atoms with E-state index in [0.29, 0.717) is 23.3 Å². The van der Waals surface area contributed by atoms with Crippen molar-refractivity contribution in [3.8, 4) is 0 Å². The molecule has 0 radical (unpaired) electrons. The van der Waals surface area contributed by atoms with Gasteiger partial charge < -0.3 is 14.3 Å². The molecule has 11 nitrogen and oxygen atoms in total. The van der Waals surface area contributed by atoms with Crippen molar-refractivity contribution >= 4 is 33.6 Å². The average Bonchev–Trinajstić information content (AvgIpc) is 3.06. The average molecular weight is 423 g/mol. The van der Waals surface area contributed by atoms with Crippen LogP contribution in [0.15, 0.2) is 56.5 Å². The van der Waals surface area contributed by atoms with Crippen LogP contribution in [0.25, 0.3) is 22.0 Å². The summed E-state index contributed by atoms with van der Waals surface area (Å²) in [7, 11) is 0. The van der Waals surface area contributed by atoms with Crippen LogP contribution >= 0.6 is 0 Å². The number of nitro groups is 1. The zero-order chi connectivity index (χ0) is 22.1. The monoisotopic (exact) mass is 423 g/mol. The Hall–Kier alpha value is -4.28. The summed E-state index contributed by atoms with van der Waals surface area (Å²) < 4.78 is 6.17. The van der Waals surface area contributed by atoms with Crippen molar-refractivity contribution in [3.63, 3.8) is 0 Å². The molecule has 158 valence electrons. The third-order valence-electron chi connectivity index (χ3n) is 4.89. The number of hydrogen-bond donors (Lipinski definition) is 1. The molecule has 0 fully saturated rings. The Morgan fingerprint density at radius 1 is 1.26 bits per heavy atom. The van der Waals surface area contributed by atoms with E-state index in [9.17, 15) is 24.5 Å². The Labute approximate surface area is 173 Å². The molecule has 0 spiro atoms. The molecule has 0 aliphatic rings. The number of oxazole rings is 1. The molecule has 0 unspecified atom stereocenters. The number of nitrogens with one attached hydrogen (secondary N) is 1. The van der Waals surface area contributed by atoms with Crippen molar-refractivity contribution in [2.24, 2.45) is 0 Å². The van der Waals surface area contributed by atoms with Gasteiger partial charge in [-0.15, -0.1) is 0 Å². The molecule has 2 heterocycles. The number of H-pyrrole nitrogens is 1. The number of likely N-dealkylation sites (N-methyl/N-ethyl adjacent to an activating group) is 1. The number of aromatic amines is 1. The molecule has 4 rings (SSSR count). The minimum Gasteiger partial charge on any atom is -0.407 e. The normalized spacial score (nSPS) is 11.1. The van der Waals surface area contributed by atoms with Crippen LogP contribution in [0.3, 0.4) is 0 Å². The van der Waals surface area contributed by atoms with Crippen molar-refractivity contribution < 1.29 is 14.1 Å². The fourth-order valence-electron chi connectivity index (χ4n) is 3.32. The van der Waals surface area contributed by atoms with E-state index >= 15 is 0 Å². The topological polar surface area (TPSA) is 144 Å². The van der Waals surface area contributed by atoms with Gasteiger partial charge in [0.05, 0.1) is 34.0 Å². The zero-order valence-electron chi connectivity index (χ0n) is 16.4. The number of amides is 1. The third kappa shape index (κ3) is 3.80. The van der Waals surface area contributed by atoms with Crippen LogP contribution in [0.2, 0.25) is 0 Å². The van der Waals surface area contributed by atoms with Gasteiger partial charge in [-0.25, -0.2) is 9.78 Å². The van der Waals surface area contributed by atoms with Crippen LogP contribution in [0.5, 0.6) is 0 Å². The highest BCUT2D eigenvalue weighted by Crippen LogP contribution is 2.20. The molecule has 2 aromatic carbocycles. The number of nitro benzene ring substituents is 1. The van der Waals surface area contributed by atoms with Crippen LogP contribution in [0.4, 0.5) is 5.69 Å².